The van der Waals surface area contributed by atoms with Gasteiger partial charge in [0.2, 0.25) is 5.91 Å². The Hall–Kier alpha value is -3.33. The molecule has 3 unspecified atom stereocenters. The minimum atomic E-state index is -4.47. The number of rotatable bonds is 55. The number of esters is 1. The van der Waals surface area contributed by atoms with Crippen LogP contribution < -0.4 is 5.32 Å². The van der Waals surface area contributed by atoms with Crippen LogP contribution in [0, 0.1) is 0 Å². The molecule has 0 aromatic rings. The van der Waals surface area contributed by atoms with Gasteiger partial charge in [0.05, 0.1) is 33.8 Å². The van der Waals surface area contributed by atoms with Gasteiger partial charge in [-0.25, -0.2) is 4.57 Å². The smallest absolute Gasteiger partial charge is 0.456 e. The minimum Gasteiger partial charge on any atom is -0.456 e. The van der Waals surface area contributed by atoms with E-state index in [0.717, 1.165) is 109 Å². The van der Waals surface area contributed by atoms with Gasteiger partial charge in [0.1, 0.15) is 19.3 Å². The first-order valence-corrected chi connectivity index (χ1v) is 32.7. The monoisotopic (exact) mass is 1090 g/mol. The van der Waals surface area contributed by atoms with Crippen molar-refractivity contribution in [2.24, 2.45) is 0 Å². The molecule has 442 valence electrons. The van der Waals surface area contributed by atoms with Crippen LogP contribution in [-0.4, -0.2) is 74.3 Å². The van der Waals surface area contributed by atoms with E-state index in [1.807, 2.05) is 39.4 Å². The summed E-state index contributed by atoms with van der Waals surface area (Å²) in [5.74, 6) is -0.605. The number of ether oxygens (including phenoxy) is 1. The Labute approximate surface area is 474 Å². The Morgan fingerprint density at radius 3 is 1.27 bits per heavy atom. The van der Waals surface area contributed by atoms with Crippen LogP contribution in [0.3, 0.4) is 0 Å². The second-order valence-electron chi connectivity index (χ2n) is 21.8. The number of quaternary nitrogens is 1. The highest BCUT2D eigenvalue weighted by Gasteiger charge is 2.30. The SMILES string of the molecule is CC/C=C\C/C=C\C/C=C\C/C=C\C/C=C\C/C=C\CCCCCCCCC(=O)OC(/C=C\CCCCCCCCCCCCC)C(COP(=O)(O)OCC[N+](C)(C)C)NC(=O)CC/C=C/C/C=C\CCCCCCCC. The maximum Gasteiger partial charge on any atom is 0.472 e. The third-order valence-electron chi connectivity index (χ3n) is 13.2. The summed E-state index contributed by atoms with van der Waals surface area (Å²) in [6.45, 7) is 6.83. The number of hydrogen-bond donors (Lipinski definition) is 2. The topological polar surface area (TPSA) is 111 Å². The zero-order valence-corrected chi connectivity index (χ0v) is 51.3. The highest BCUT2D eigenvalue weighted by atomic mass is 31.2. The van der Waals surface area contributed by atoms with Crippen LogP contribution in [0.4, 0.5) is 0 Å². The van der Waals surface area contributed by atoms with Crippen molar-refractivity contribution in [3.63, 3.8) is 0 Å². The molecule has 0 aromatic heterocycles. The highest BCUT2D eigenvalue weighted by molar-refractivity contribution is 7.47. The number of carbonyl (C=O) groups excluding carboxylic acids is 2. The summed E-state index contributed by atoms with van der Waals surface area (Å²) in [6.07, 6.45) is 76.8. The minimum absolute atomic E-state index is 0.0234. The van der Waals surface area contributed by atoms with Crippen LogP contribution in [0.2, 0.25) is 0 Å². The van der Waals surface area contributed by atoms with Crippen LogP contribution in [0.1, 0.15) is 252 Å². The first-order chi connectivity index (χ1) is 37.4. The lowest BCUT2D eigenvalue weighted by Crippen LogP contribution is -2.47. The van der Waals surface area contributed by atoms with Gasteiger partial charge in [0.15, 0.2) is 0 Å². The molecule has 0 aliphatic heterocycles. The lowest BCUT2D eigenvalue weighted by Gasteiger charge is -2.27. The Morgan fingerprint density at radius 1 is 0.468 bits per heavy atom. The van der Waals surface area contributed by atoms with Crippen molar-refractivity contribution in [3.05, 3.63) is 109 Å². The molecular weight excluding hydrogens is 976 g/mol. The maximum atomic E-state index is 13.5. The summed E-state index contributed by atoms with van der Waals surface area (Å²) in [6, 6.07) is -0.891. The molecule has 0 heterocycles. The van der Waals surface area contributed by atoms with Crippen molar-refractivity contribution in [2.45, 2.75) is 264 Å². The van der Waals surface area contributed by atoms with E-state index in [9.17, 15) is 19.0 Å². The summed E-state index contributed by atoms with van der Waals surface area (Å²) in [5.41, 5.74) is 0. The van der Waals surface area contributed by atoms with E-state index in [1.54, 1.807) is 0 Å². The van der Waals surface area contributed by atoms with Gasteiger partial charge in [-0.05, 0) is 102 Å². The first kappa shape index (κ1) is 73.7. The molecule has 0 radical (unpaired) electrons. The van der Waals surface area contributed by atoms with Gasteiger partial charge in [0, 0.05) is 12.8 Å². The summed E-state index contributed by atoms with van der Waals surface area (Å²) in [7, 11) is 1.44. The fourth-order valence-corrected chi connectivity index (χ4v) is 9.14. The Kier molecular flexibility index (Phi) is 53.5. The number of amides is 1. The maximum absolute atomic E-state index is 13.5. The van der Waals surface area contributed by atoms with Crippen LogP contribution in [0.25, 0.3) is 0 Å². The number of carbonyl (C=O) groups is 2. The second-order valence-corrected chi connectivity index (χ2v) is 23.3. The van der Waals surface area contributed by atoms with Crippen molar-refractivity contribution in [1.29, 1.82) is 0 Å². The molecule has 10 heteroatoms. The Balaban J connectivity index is 5.29. The van der Waals surface area contributed by atoms with Gasteiger partial charge < -0.3 is 19.4 Å². The van der Waals surface area contributed by atoms with Gasteiger partial charge >= 0.3 is 13.8 Å². The molecule has 0 saturated carbocycles. The predicted molar refractivity (Wildman–Crippen MR) is 332 cm³/mol. The summed E-state index contributed by atoms with van der Waals surface area (Å²) in [5, 5.41) is 3.01. The molecule has 0 rings (SSSR count). The van der Waals surface area contributed by atoms with E-state index in [2.05, 4.69) is 117 Å². The van der Waals surface area contributed by atoms with Crippen LogP contribution in [0.15, 0.2) is 109 Å². The van der Waals surface area contributed by atoms with Gasteiger partial charge in [0.25, 0.3) is 0 Å². The zero-order chi connectivity index (χ0) is 56.4. The van der Waals surface area contributed by atoms with Crippen molar-refractivity contribution < 1.29 is 37.3 Å². The number of likely N-dealkylation sites (N-methyl/N-ethyl adjacent to an activating group) is 1. The molecule has 9 nitrogen and oxygen atoms in total. The van der Waals surface area contributed by atoms with Gasteiger partial charge in [-0.1, -0.05) is 246 Å². The molecular formula is C67H118N2O7P+. The van der Waals surface area contributed by atoms with E-state index < -0.39 is 20.0 Å². The Morgan fingerprint density at radius 2 is 0.844 bits per heavy atom. The average molecular weight is 1090 g/mol. The summed E-state index contributed by atoms with van der Waals surface area (Å²) in [4.78, 5) is 37.6. The third-order valence-corrected chi connectivity index (χ3v) is 14.2. The Bertz CT molecular complexity index is 1690. The molecule has 0 saturated heterocycles. The van der Waals surface area contributed by atoms with Gasteiger partial charge in [-0.15, -0.1) is 0 Å². The molecule has 77 heavy (non-hydrogen) atoms. The van der Waals surface area contributed by atoms with E-state index in [1.165, 1.54) is 96.3 Å². The zero-order valence-electron chi connectivity index (χ0n) is 50.4. The largest absolute Gasteiger partial charge is 0.472 e. The normalized spacial score (nSPS) is 14.4. The molecule has 0 aromatic carbocycles. The number of phosphoric ester groups is 1. The lowest BCUT2D eigenvalue weighted by atomic mass is 10.0. The van der Waals surface area contributed by atoms with E-state index in [4.69, 9.17) is 13.8 Å². The second kappa shape index (κ2) is 56.0. The number of phosphoric acid groups is 1. The van der Waals surface area contributed by atoms with Crippen LogP contribution >= 0.6 is 7.82 Å². The first-order valence-electron chi connectivity index (χ1n) is 31.2. The standard InChI is InChI=1S/C67H117N2O7P/c1-7-10-13-16-19-22-25-28-29-30-31-32-33-34-35-36-37-38-39-42-45-48-51-54-57-60-67(71)76-65(58-55-52-49-46-43-40-26-23-20-17-14-11-8-2)64(63-75-77(72,73)74-62-61-69(4,5)6)68-66(70)59-56-53-50-47-44-41-27-24-21-18-15-12-9-3/h10,13,19,22,28-29,31-32,34-35,37-38,41,44,50,53,55,58,64-65H,7-9,11-12,14-18,20-21,23-27,30,33,36,39-40,42-43,45-49,51-52,54,56-57,59-63H2,1-6H3,(H-,68,70,72,73)/p+1/b13-10-,22-19-,29-28-,32-31-,35-34-,38-37-,44-41-,53-50+,58-55-. The third kappa shape index (κ3) is 57.2. The van der Waals surface area contributed by atoms with Crippen LogP contribution in [-0.2, 0) is 27.9 Å². The quantitative estimate of drug-likeness (QED) is 0.0205. The number of allylic oxidation sites excluding steroid dienone is 17. The van der Waals surface area contributed by atoms with E-state index >= 15 is 0 Å². The van der Waals surface area contributed by atoms with E-state index in [-0.39, 0.29) is 37.9 Å². The van der Waals surface area contributed by atoms with Crippen molar-refractivity contribution in [3.8, 4) is 0 Å². The number of nitrogens with one attached hydrogen (secondary N) is 1. The predicted octanol–water partition coefficient (Wildman–Crippen LogP) is 19.3. The molecule has 0 bridgehead atoms. The van der Waals surface area contributed by atoms with E-state index in [0.29, 0.717) is 23.9 Å². The molecule has 0 aliphatic carbocycles. The van der Waals surface area contributed by atoms with Gasteiger partial charge in [-0.3, -0.25) is 18.6 Å². The highest BCUT2D eigenvalue weighted by Crippen LogP contribution is 2.43. The van der Waals surface area contributed by atoms with Gasteiger partial charge in [-0.2, -0.15) is 0 Å². The molecule has 0 spiro atoms. The molecule has 0 aliphatic rings. The molecule has 0 fully saturated rings. The average Bonchev–Trinajstić information content (AvgIpc) is 3.39. The molecule has 1 amide bonds. The number of unbranched alkanes of at least 4 members (excludes halogenated alkanes) is 23. The van der Waals surface area contributed by atoms with Crippen LogP contribution in [0.5, 0.6) is 0 Å². The molecule has 3 atom stereocenters. The summed E-state index contributed by atoms with van der Waals surface area (Å²) >= 11 is 0. The lowest BCUT2D eigenvalue weighted by molar-refractivity contribution is -0.870. The van der Waals surface area contributed by atoms with Crippen molar-refractivity contribution in [2.75, 3.05) is 40.9 Å². The fourth-order valence-electron chi connectivity index (χ4n) is 8.40. The van der Waals surface area contributed by atoms with Crippen molar-refractivity contribution >= 4 is 19.7 Å². The number of nitrogens with zero attached hydrogens (tertiary/aromatic N) is 1. The summed E-state index contributed by atoms with van der Waals surface area (Å²) < 4.78 is 30.6. The number of hydrogen-bond acceptors (Lipinski definition) is 6. The van der Waals surface area contributed by atoms with Crippen molar-refractivity contribution in [1.82, 2.24) is 5.32 Å². The molecule has 2 N–H and O–H groups in total. The fraction of sp³-hybridized carbons (Fsp3) is 0.701.